The molecule has 0 spiro atoms. The van der Waals surface area contributed by atoms with Gasteiger partial charge in [0.1, 0.15) is 0 Å². The second-order valence-electron chi connectivity index (χ2n) is 2.37. The molecule has 4 heteroatoms. The van der Waals surface area contributed by atoms with Crippen LogP contribution in [0, 0.1) is 6.08 Å². The van der Waals surface area contributed by atoms with Crippen LogP contribution < -0.4 is 0 Å². The van der Waals surface area contributed by atoms with Gasteiger partial charge in [-0.15, -0.1) is 0 Å². The van der Waals surface area contributed by atoms with Crippen LogP contribution in [0.15, 0.2) is 15.1 Å². The van der Waals surface area contributed by atoms with Gasteiger partial charge in [0.15, 0.2) is 0 Å². The zero-order valence-electron chi connectivity index (χ0n) is 6.87. The average Bonchev–Trinajstić information content (AvgIpc) is 2.37. The first-order valence-electron chi connectivity index (χ1n) is 3.51. The molecule has 0 atom stereocenters. The molecule has 0 aliphatic carbocycles. The van der Waals surface area contributed by atoms with E-state index in [1.54, 1.807) is 0 Å². The van der Waals surface area contributed by atoms with Gasteiger partial charge in [-0.2, -0.15) is 0 Å². The monoisotopic (exact) mass is 201 g/mol. The van der Waals surface area contributed by atoms with Crippen LogP contribution in [0.3, 0.4) is 0 Å². The van der Waals surface area contributed by atoms with Gasteiger partial charge in [-0.1, -0.05) is 23.5 Å². The molecule has 0 saturated carbocycles. The minimum atomic E-state index is -0.385. The number of esters is 1. The number of hydrogen-bond donors (Lipinski definition) is 0. The molecule has 65 valence electrons. The summed E-state index contributed by atoms with van der Waals surface area (Å²) in [4.78, 5) is 11.0. The van der Waals surface area contributed by atoms with Gasteiger partial charge >= 0.3 is 5.97 Å². The normalized spacial score (nSPS) is 15.4. The maximum absolute atomic E-state index is 11.0. The Hall–Kier alpha value is -0.350. The predicted molar refractivity (Wildman–Crippen MR) is 52.3 cm³/mol. The molecular formula is C8H9O2S2. The summed E-state index contributed by atoms with van der Waals surface area (Å²) in [7, 11) is 0. The minimum absolute atomic E-state index is 0.0741. The van der Waals surface area contributed by atoms with Gasteiger partial charge in [-0.25, -0.2) is 4.79 Å². The van der Waals surface area contributed by atoms with Gasteiger partial charge in [0.25, 0.3) is 0 Å². The molecule has 0 amide bonds. The lowest BCUT2D eigenvalue weighted by Gasteiger charge is -2.03. The molecule has 0 aromatic rings. The molecule has 1 radical (unpaired) electrons. The summed E-state index contributed by atoms with van der Waals surface area (Å²) in [6.45, 7) is 3.63. The number of carbonyl (C=O) groups is 1. The fraction of sp³-hybridized carbons (Fsp3) is 0.375. The first-order valence-corrected chi connectivity index (χ1v) is 5.27. The van der Waals surface area contributed by atoms with E-state index in [0.29, 0.717) is 0 Å². The summed E-state index contributed by atoms with van der Waals surface area (Å²) in [6, 6.07) is 0. The zero-order valence-corrected chi connectivity index (χ0v) is 8.50. The van der Waals surface area contributed by atoms with Gasteiger partial charge in [0, 0.05) is 0 Å². The van der Waals surface area contributed by atoms with Gasteiger partial charge in [0.2, 0.25) is 0 Å². The van der Waals surface area contributed by atoms with Crippen molar-refractivity contribution in [1.29, 1.82) is 0 Å². The number of rotatable bonds is 2. The van der Waals surface area contributed by atoms with E-state index < -0.39 is 0 Å². The van der Waals surface area contributed by atoms with Crippen LogP contribution in [0.2, 0.25) is 0 Å². The lowest BCUT2D eigenvalue weighted by molar-refractivity contribution is -0.142. The van der Waals surface area contributed by atoms with Crippen molar-refractivity contribution >= 4 is 29.5 Å². The van der Waals surface area contributed by atoms with Crippen molar-refractivity contribution in [3.8, 4) is 0 Å². The van der Waals surface area contributed by atoms with Crippen LogP contribution >= 0.6 is 23.5 Å². The van der Waals surface area contributed by atoms with E-state index in [-0.39, 0.29) is 12.1 Å². The molecule has 0 unspecified atom stereocenters. The number of hydrogen-bond acceptors (Lipinski definition) is 4. The lowest BCUT2D eigenvalue weighted by Crippen LogP contribution is -2.09. The van der Waals surface area contributed by atoms with Crippen molar-refractivity contribution in [3.05, 3.63) is 21.1 Å². The van der Waals surface area contributed by atoms with Gasteiger partial charge in [0.05, 0.1) is 16.4 Å². The summed E-state index contributed by atoms with van der Waals surface area (Å²) in [6.07, 6.45) is 2.56. The minimum Gasteiger partial charge on any atom is -0.459 e. The average molecular weight is 201 g/mol. The lowest BCUT2D eigenvalue weighted by atomic mass is 10.5. The molecule has 1 aliphatic heterocycles. The Balaban J connectivity index is 2.39. The Labute approximate surface area is 80.4 Å². The molecule has 1 heterocycles. The fourth-order valence-corrected chi connectivity index (χ4v) is 2.12. The summed E-state index contributed by atoms with van der Waals surface area (Å²) >= 11 is 2.97. The highest BCUT2D eigenvalue weighted by molar-refractivity contribution is 8.27. The SMILES string of the molecule is CC(C)OC(=O)[C]=C1SC=CS1. The maximum atomic E-state index is 11.0. The first-order chi connectivity index (χ1) is 5.68. The molecule has 0 aromatic heterocycles. The Bertz CT molecular complexity index is 221. The Morgan fingerprint density at radius 3 is 2.58 bits per heavy atom. The van der Waals surface area contributed by atoms with Crippen LogP contribution in [0.5, 0.6) is 0 Å². The third-order valence-electron chi connectivity index (χ3n) is 0.953. The van der Waals surface area contributed by atoms with E-state index in [1.165, 1.54) is 23.5 Å². The van der Waals surface area contributed by atoms with Crippen molar-refractivity contribution in [2.75, 3.05) is 0 Å². The number of ether oxygens (including phenoxy) is 1. The molecule has 0 saturated heterocycles. The number of carbonyl (C=O) groups excluding carboxylic acids is 1. The van der Waals surface area contributed by atoms with Crippen molar-refractivity contribution in [2.45, 2.75) is 20.0 Å². The van der Waals surface area contributed by atoms with E-state index in [2.05, 4.69) is 6.08 Å². The first kappa shape index (κ1) is 9.74. The van der Waals surface area contributed by atoms with Crippen LogP contribution in [-0.4, -0.2) is 12.1 Å². The van der Waals surface area contributed by atoms with Gasteiger partial charge in [-0.3, -0.25) is 0 Å². The van der Waals surface area contributed by atoms with Crippen molar-refractivity contribution in [2.24, 2.45) is 0 Å². The van der Waals surface area contributed by atoms with E-state index >= 15 is 0 Å². The van der Waals surface area contributed by atoms with Crippen LogP contribution in [0.4, 0.5) is 0 Å². The zero-order chi connectivity index (χ0) is 8.97. The second-order valence-corrected chi connectivity index (χ2v) is 4.47. The molecule has 1 rings (SSSR count). The predicted octanol–water partition coefficient (Wildman–Crippen LogP) is 2.53. The molecule has 0 fully saturated rings. The standard InChI is InChI=1S/C8H9O2S2/c1-6(2)10-7(9)5-8-11-3-4-12-8/h3-4,6H,1-2H3. The topological polar surface area (TPSA) is 26.3 Å². The van der Waals surface area contributed by atoms with Crippen LogP contribution in [0.1, 0.15) is 13.8 Å². The van der Waals surface area contributed by atoms with E-state index in [4.69, 9.17) is 4.74 Å². The van der Waals surface area contributed by atoms with Crippen molar-refractivity contribution in [3.63, 3.8) is 0 Å². The quantitative estimate of drug-likeness (QED) is 0.506. The maximum Gasteiger partial charge on any atom is 0.341 e. The van der Waals surface area contributed by atoms with Crippen molar-refractivity contribution < 1.29 is 9.53 Å². The third kappa shape index (κ3) is 3.36. The molecule has 1 aliphatic rings. The summed E-state index contributed by atoms with van der Waals surface area (Å²) in [5.41, 5.74) is 0. The van der Waals surface area contributed by atoms with Crippen molar-refractivity contribution in [1.82, 2.24) is 0 Å². The Morgan fingerprint density at radius 1 is 1.50 bits per heavy atom. The Kier molecular flexibility index (Phi) is 3.75. The summed E-state index contributed by atoms with van der Waals surface area (Å²) in [5, 5.41) is 3.82. The van der Waals surface area contributed by atoms with Gasteiger partial charge < -0.3 is 4.74 Å². The third-order valence-corrected chi connectivity index (χ3v) is 2.88. The molecule has 0 bridgehead atoms. The molecule has 12 heavy (non-hydrogen) atoms. The van der Waals surface area contributed by atoms with E-state index in [9.17, 15) is 4.79 Å². The molecular weight excluding hydrogens is 192 g/mol. The van der Waals surface area contributed by atoms with Crippen LogP contribution in [-0.2, 0) is 9.53 Å². The van der Waals surface area contributed by atoms with E-state index in [1.807, 2.05) is 24.7 Å². The summed E-state index contributed by atoms with van der Waals surface area (Å²) < 4.78 is 5.73. The highest BCUT2D eigenvalue weighted by atomic mass is 32.2. The highest BCUT2D eigenvalue weighted by Gasteiger charge is 2.08. The Morgan fingerprint density at radius 2 is 2.08 bits per heavy atom. The second kappa shape index (κ2) is 4.62. The molecule has 0 aromatic carbocycles. The largest absolute Gasteiger partial charge is 0.459 e. The highest BCUT2D eigenvalue weighted by Crippen LogP contribution is 2.36. The fourth-order valence-electron chi connectivity index (χ4n) is 0.593. The van der Waals surface area contributed by atoms with Gasteiger partial charge in [-0.05, 0) is 24.7 Å². The van der Waals surface area contributed by atoms with Crippen LogP contribution in [0.25, 0.3) is 0 Å². The van der Waals surface area contributed by atoms with E-state index in [0.717, 1.165) is 4.24 Å². The molecule has 2 nitrogen and oxygen atoms in total. The number of thioether (sulfide) groups is 2. The summed E-state index contributed by atoms with van der Waals surface area (Å²) in [5.74, 6) is -0.385. The molecule has 0 N–H and O–H groups in total. The smallest absolute Gasteiger partial charge is 0.341 e.